The maximum Gasteiger partial charge on any atom is 0.315 e. The van der Waals surface area contributed by atoms with Crippen molar-refractivity contribution < 1.29 is 24.2 Å². The Kier molecular flexibility index (Phi) is 12.1. The lowest BCUT2D eigenvalue weighted by Gasteiger charge is -2.27. The molecule has 0 aliphatic carbocycles. The number of ether oxygens (including phenoxy) is 2. The highest BCUT2D eigenvalue weighted by Gasteiger charge is 2.36. The summed E-state index contributed by atoms with van der Waals surface area (Å²) in [6.07, 6.45) is 8.26. The molecule has 2 aromatic rings. The van der Waals surface area contributed by atoms with Crippen molar-refractivity contribution in [2.45, 2.75) is 95.0 Å². The Hall–Kier alpha value is -2.66. The number of esters is 2. The molecule has 5 nitrogen and oxygen atoms in total. The maximum atomic E-state index is 12.5. The van der Waals surface area contributed by atoms with Gasteiger partial charge in [-0.2, -0.15) is 0 Å². The highest BCUT2D eigenvalue weighted by atomic mass is 16.5. The van der Waals surface area contributed by atoms with Crippen LogP contribution in [0, 0.1) is 0 Å². The standard InChI is InChI=1S/C31H44O5/c1-30(28(33)35-3,25-17-9-5-10-18-25)23-15-7-13-21-27(32)22-14-8-16-24-31(2,29(34)36-4)26-19-11-6-12-20-26/h5-6,9-12,17-20,27,32H,7-8,13-16,21-24H2,1-4H3. The summed E-state index contributed by atoms with van der Waals surface area (Å²) in [7, 11) is 2.88. The Labute approximate surface area is 217 Å². The molecule has 0 heterocycles. The maximum absolute atomic E-state index is 12.5. The number of hydrogen-bond donors (Lipinski definition) is 1. The van der Waals surface area contributed by atoms with Gasteiger partial charge in [0, 0.05) is 0 Å². The van der Waals surface area contributed by atoms with Gasteiger partial charge in [0.15, 0.2) is 0 Å². The van der Waals surface area contributed by atoms with Gasteiger partial charge in [-0.15, -0.1) is 0 Å². The average Bonchev–Trinajstić information content (AvgIpc) is 2.92. The summed E-state index contributed by atoms with van der Waals surface area (Å²) in [5.41, 5.74) is 0.667. The van der Waals surface area contributed by atoms with E-state index < -0.39 is 10.8 Å². The molecule has 0 amide bonds. The molecule has 5 heteroatoms. The monoisotopic (exact) mass is 496 g/mol. The van der Waals surface area contributed by atoms with E-state index in [2.05, 4.69) is 0 Å². The molecular weight excluding hydrogens is 452 g/mol. The highest BCUT2D eigenvalue weighted by molar-refractivity contribution is 5.83. The zero-order valence-electron chi connectivity index (χ0n) is 22.5. The van der Waals surface area contributed by atoms with Gasteiger partial charge in [-0.1, -0.05) is 99.2 Å². The molecular formula is C31H44O5. The molecule has 0 spiro atoms. The number of carbonyl (C=O) groups excluding carboxylic acids is 2. The highest BCUT2D eigenvalue weighted by Crippen LogP contribution is 2.33. The van der Waals surface area contributed by atoms with Crippen LogP contribution in [0.2, 0.25) is 0 Å². The van der Waals surface area contributed by atoms with Crippen molar-refractivity contribution in [2.24, 2.45) is 0 Å². The van der Waals surface area contributed by atoms with E-state index >= 15 is 0 Å². The lowest BCUT2D eigenvalue weighted by Crippen LogP contribution is -2.33. The summed E-state index contributed by atoms with van der Waals surface area (Å²) in [6.45, 7) is 3.90. The van der Waals surface area contributed by atoms with E-state index in [4.69, 9.17) is 9.47 Å². The number of rotatable bonds is 16. The Bertz CT molecular complexity index is 838. The third kappa shape index (κ3) is 8.19. The van der Waals surface area contributed by atoms with Crippen molar-refractivity contribution in [1.82, 2.24) is 0 Å². The van der Waals surface area contributed by atoms with Crippen molar-refractivity contribution in [3.05, 3.63) is 71.8 Å². The first kappa shape index (κ1) is 29.6. The average molecular weight is 497 g/mol. The van der Waals surface area contributed by atoms with Crippen LogP contribution in [0.3, 0.4) is 0 Å². The van der Waals surface area contributed by atoms with Crippen LogP contribution in [-0.2, 0) is 29.9 Å². The predicted molar refractivity (Wildman–Crippen MR) is 144 cm³/mol. The lowest BCUT2D eigenvalue weighted by molar-refractivity contribution is -0.148. The zero-order valence-corrected chi connectivity index (χ0v) is 22.5. The SMILES string of the molecule is COC(=O)C(C)(CCCCCC(O)CCCCCC(C)(C(=O)OC)c1ccccc1)c1ccccc1. The Morgan fingerprint density at radius 1 is 0.667 bits per heavy atom. The first-order valence-electron chi connectivity index (χ1n) is 13.2. The van der Waals surface area contributed by atoms with Gasteiger partial charge in [-0.05, 0) is 50.7 Å². The molecule has 0 radical (unpaired) electrons. The van der Waals surface area contributed by atoms with Gasteiger partial charge < -0.3 is 14.6 Å². The largest absolute Gasteiger partial charge is 0.468 e. The first-order valence-corrected chi connectivity index (χ1v) is 13.2. The Balaban J connectivity index is 1.68. The van der Waals surface area contributed by atoms with E-state index in [9.17, 15) is 14.7 Å². The van der Waals surface area contributed by atoms with Crippen LogP contribution in [-0.4, -0.2) is 37.4 Å². The number of aliphatic hydroxyl groups is 1. The number of aliphatic hydroxyl groups excluding tert-OH is 1. The number of unbranched alkanes of at least 4 members (excludes halogenated alkanes) is 4. The second-order valence-electron chi connectivity index (χ2n) is 10.2. The van der Waals surface area contributed by atoms with Gasteiger partial charge in [0.05, 0.1) is 31.2 Å². The lowest BCUT2D eigenvalue weighted by atomic mass is 9.78. The van der Waals surface area contributed by atoms with Crippen molar-refractivity contribution in [3.8, 4) is 0 Å². The summed E-state index contributed by atoms with van der Waals surface area (Å²) in [5.74, 6) is -0.409. The summed E-state index contributed by atoms with van der Waals surface area (Å²) in [6, 6.07) is 19.6. The quantitative estimate of drug-likeness (QED) is 0.212. The van der Waals surface area contributed by atoms with Gasteiger partial charge in [-0.3, -0.25) is 9.59 Å². The fourth-order valence-electron chi connectivity index (χ4n) is 5.01. The Morgan fingerprint density at radius 3 is 1.36 bits per heavy atom. The van der Waals surface area contributed by atoms with Crippen molar-refractivity contribution in [2.75, 3.05) is 14.2 Å². The van der Waals surface area contributed by atoms with E-state index in [0.29, 0.717) is 0 Å². The van der Waals surface area contributed by atoms with E-state index in [1.54, 1.807) is 0 Å². The van der Waals surface area contributed by atoms with Crippen LogP contribution in [0.1, 0.15) is 89.2 Å². The van der Waals surface area contributed by atoms with Crippen molar-refractivity contribution in [1.29, 1.82) is 0 Å². The number of methoxy groups -OCH3 is 2. The molecule has 2 atom stereocenters. The second-order valence-corrected chi connectivity index (χ2v) is 10.2. The minimum Gasteiger partial charge on any atom is -0.468 e. The molecule has 36 heavy (non-hydrogen) atoms. The van der Waals surface area contributed by atoms with Crippen LogP contribution in [0.25, 0.3) is 0 Å². The molecule has 0 bridgehead atoms. The smallest absolute Gasteiger partial charge is 0.315 e. The first-order chi connectivity index (χ1) is 17.3. The molecule has 198 valence electrons. The van der Waals surface area contributed by atoms with Gasteiger partial charge >= 0.3 is 11.9 Å². The summed E-state index contributed by atoms with van der Waals surface area (Å²) in [5, 5.41) is 10.4. The van der Waals surface area contributed by atoms with Crippen molar-refractivity contribution in [3.63, 3.8) is 0 Å². The van der Waals surface area contributed by atoms with E-state index in [1.165, 1.54) is 14.2 Å². The molecule has 0 saturated carbocycles. The second kappa shape index (κ2) is 14.8. The van der Waals surface area contributed by atoms with Gasteiger partial charge in [0.1, 0.15) is 0 Å². The minimum absolute atomic E-state index is 0.204. The van der Waals surface area contributed by atoms with Gasteiger partial charge in [0.2, 0.25) is 0 Å². The van der Waals surface area contributed by atoms with Crippen LogP contribution >= 0.6 is 0 Å². The number of carbonyl (C=O) groups is 2. The van der Waals surface area contributed by atoms with Gasteiger partial charge in [-0.25, -0.2) is 0 Å². The molecule has 2 unspecified atom stereocenters. The summed E-state index contributed by atoms with van der Waals surface area (Å²) >= 11 is 0. The van der Waals surface area contributed by atoms with E-state index in [0.717, 1.165) is 75.3 Å². The molecule has 0 aromatic heterocycles. The third-order valence-electron chi connectivity index (χ3n) is 7.52. The van der Waals surface area contributed by atoms with Crippen LogP contribution in [0.5, 0.6) is 0 Å². The van der Waals surface area contributed by atoms with Crippen LogP contribution in [0.15, 0.2) is 60.7 Å². The van der Waals surface area contributed by atoms with Crippen LogP contribution < -0.4 is 0 Å². The molecule has 0 aliphatic heterocycles. The zero-order chi connectivity index (χ0) is 26.4. The Morgan fingerprint density at radius 2 is 1.03 bits per heavy atom. The molecule has 1 N–H and O–H groups in total. The summed E-state index contributed by atoms with van der Waals surface area (Å²) in [4.78, 5) is 25.0. The number of benzene rings is 2. The molecule has 0 aliphatic rings. The summed E-state index contributed by atoms with van der Waals surface area (Å²) < 4.78 is 10.2. The van der Waals surface area contributed by atoms with Crippen LogP contribution in [0.4, 0.5) is 0 Å². The topological polar surface area (TPSA) is 72.8 Å². The fourth-order valence-corrected chi connectivity index (χ4v) is 5.01. The van der Waals surface area contributed by atoms with E-state index in [1.807, 2.05) is 74.5 Å². The molecule has 0 saturated heterocycles. The molecule has 2 rings (SSSR count). The molecule has 0 fully saturated rings. The number of hydrogen-bond acceptors (Lipinski definition) is 5. The molecule has 2 aromatic carbocycles. The van der Waals surface area contributed by atoms with Crippen molar-refractivity contribution >= 4 is 11.9 Å². The van der Waals surface area contributed by atoms with E-state index in [-0.39, 0.29) is 18.0 Å². The normalized spacial score (nSPS) is 15.4. The third-order valence-corrected chi connectivity index (χ3v) is 7.52. The minimum atomic E-state index is -0.646. The fraction of sp³-hybridized carbons (Fsp3) is 0.548. The predicted octanol–water partition coefficient (Wildman–Crippen LogP) is 6.51. The van der Waals surface area contributed by atoms with Gasteiger partial charge in [0.25, 0.3) is 0 Å².